The molecule has 0 heterocycles. The van der Waals surface area contributed by atoms with Crippen molar-refractivity contribution < 1.29 is 0 Å². The molecule has 0 atom stereocenters. The molecule has 0 amide bonds. The van der Waals surface area contributed by atoms with Crippen molar-refractivity contribution in [2.24, 2.45) is 0 Å². The normalized spacial score (nSPS) is 11.9. The number of rotatable bonds is 9. The Hall–Kier alpha value is -1.30. The smallest absolute Gasteiger partial charge is 0.0276 e. The van der Waals surface area contributed by atoms with Crippen molar-refractivity contribution in [2.45, 2.75) is 86.5 Å². The van der Waals surface area contributed by atoms with Crippen LogP contribution >= 0.6 is 0 Å². The van der Waals surface area contributed by atoms with Gasteiger partial charge in [0, 0.05) is 0 Å². The Balaban J connectivity index is 0.00000232. The Morgan fingerprint density at radius 3 is 1.83 bits per heavy atom. The summed E-state index contributed by atoms with van der Waals surface area (Å²) in [7, 11) is 0. The third kappa shape index (κ3) is 10.2. The van der Waals surface area contributed by atoms with Gasteiger partial charge in [-0.1, -0.05) is 94.2 Å². The molecule has 0 heteroatoms. The van der Waals surface area contributed by atoms with Crippen LogP contribution in [0.5, 0.6) is 0 Å². The van der Waals surface area contributed by atoms with E-state index < -0.39 is 0 Å². The molecule has 130 valence electrons. The van der Waals surface area contributed by atoms with Gasteiger partial charge in [-0.2, -0.15) is 0 Å². The van der Waals surface area contributed by atoms with Crippen LogP contribution in [0.3, 0.4) is 0 Å². The molecule has 0 fully saturated rings. The quantitative estimate of drug-likeness (QED) is 0.407. The van der Waals surface area contributed by atoms with Gasteiger partial charge in [0.2, 0.25) is 0 Å². The Kier molecular flexibility index (Phi) is 13.5. The largest absolute Gasteiger partial charge is 0.0705 e. The highest BCUT2D eigenvalue weighted by molar-refractivity contribution is 5.22. The van der Waals surface area contributed by atoms with Crippen LogP contribution in [0.2, 0.25) is 0 Å². The second-order valence-electron chi connectivity index (χ2n) is 5.95. The summed E-state index contributed by atoms with van der Waals surface area (Å²) in [5.41, 5.74) is 5.99. The van der Waals surface area contributed by atoms with Crippen molar-refractivity contribution in [3.63, 3.8) is 0 Å². The van der Waals surface area contributed by atoms with Crippen LogP contribution < -0.4 is 0 Å². The van der Waals surface area contributed by atoms with Gasteiger partial charge in [0.25, 0.3) is 0 Å². The van der Waals surface area contributed by atoms with E-state index in [1.54, 1.807) is 11.1 Å². The van der Waals surface area contributed by atoms with E-state index in [0.29, 0.717) is 0 Å². The van der Waals surface area contributed by atoms with E-state index in [9.17, 15) is 0 Å². The van der Waals surface area contributed by atoms with E-state index in [-0.39, 0.29) is 0 Å². The van der Waals surface area contributed by atoms with Crippen LogP contribution in [0.15, 0.2) is 47.6 Å². The highest BCUT2D eigenvalue weighted by Gasteiger charge is 1.97. The van der Waals surface area contributed by atoms with Gasteiger partial charge in [-0.15, -0.1) is 0 Å². The molecule has 0 N–H and O–H groups in total. The first kappa shape index (κ1) is 21.7. The van der Waals surface area contributed by atoms with Crippen molar-refractivity contribution in [3.8, 4) is 0 Å². The minimum absolute atomic E-state index is 1.17. The molecular weight excluding hydrogens is 276 g/mol. The first-order chi connectivity index (χ1) is 11.2. The molecule has 0 aliphatic rings. The second-order valence-corrected chi connectivity index (χ2v) is 5.95. The molecular formula is C23H38. The summed E-state index contributed by atoms with van der Waals surface area (Å²) in [5, 5.41) is 0. The molecule has 0 aromatic heterocycles. The Morgan fingerprint density at radius 2 is 1.35 bits per heavy atom. The maximum absolute atomic E-state index is 2.38. The fraction of sp³-hybridized carbons (Fsp3) is 0.565. The summed E-state index contributed by atoms with van der Waals surface area (Å²) in [5.74, 6) is 0. The molecule has 0 aliphatic heterocycles. The zero-order valence-corrected chi connectivity index (χ0v) is 16.4. The Bertz CT molecular complexity index is 445. The molecule has 1 rings (SSSR count). The van der Waals surface area contributed by atoms with Crippen molar-refractivity contribution >= 4 is 0 Å². The number of aryl methyl sites for hydroxylation is 2. The average molecular weight is 315 g/mol. The number of hydrogen-bond donors (Lipinski definition) is 0. The van der Waals surface area contributed by atoms with Crippen LogP contribution in [-0.2, 0) is 6.42 Å². The maximum atomic E-state index is 2.38. The van der Waals surface area contributed by atoms with E-state index in [1.807, 2.05) is 13.8 Å². The molecule has 0 nitrogen and oxygen atoms in total. The lowest BCUT2D eigenvalue weighted by molar-refractivity contribution is 0.786. The number of allylic oxidation sites excluding steroid dienone is 4. The Morgan fingerprint density at radius 1 is 0.826 bits per heavy atom. The number of hydrogen-bond acceptors (Lipinski definition) is 0. The fourth-order valence-electron chi connectivity index (χ4n) is 2.59. The SMILES string of the molecule is CC.CCC/C(=C/C=C(\CC)CCCc1ccc(C)cc1)CC. The van der Waals surface area contributed by atoms with E-state index >= 15 is 0 Å². The molecule has 0 spiro atoms. The minimum atomic E-state index is 1.17. The van der Waals surface area contributed by atoms with Crippen molar-refractivity contribution in [1.82, 2.24) is 0 Å². The second kappa shape index (κ2) is 14.3. The summed E-state index contributed by atoms with van der Waals surface area (Å²) in [6.07, 6.45) is 13.3. The van der Waals surface area contributed by atoms with Gasteiger partial charge in [-0.05, 0) is 51.0 Å². The maximum Gasteiger partial charge on any atom is -0.0276 e. The minimum Gasteiger partial charge on any atom is -0.0705 e. The van der Waals surface area contributed by atoms with Gasteiger partial charge in [0.05, 0.1) is 0 Å². The topological polar surface area (TPSA) is 0 Å². The number of benzene rings is 1. The summed E-state index contributed by atoms with van der Waals surface area (Å²) in [6.45, 7) is 12.9. The predicted octanol–water partition coefficient (Wildman–Crippen LogP) is 7.82. The molecule has 1 aromatic rings. The Labute approximate surface area is 145 Å². The molecule has 0 aliphatic carbocycles. The van der Waals surface area contributed by atoms with Crippen LogP contribution in [0.4, 0.5) is 0 Å². The van der Waals surface area contributed by atoms with Crippen molar-refractivity contribution in [2.75, 3.05) is 0 Å². The lowest BCUT2D eigenvalue weighted by Crippen LogP contribution is -1.89. The lowest BCUT2D eigenvalue weighted by atomic mass is 10.0. The van der Waals surface area contributed by atoms with Crippen molar-refractivity contribution in [1.29, 1.82) is 0 Å². The van der Waals surface area contributed by atoms with Crippen LogP contribution in [0, 0.1) is 6.92 Å². The molecule has 0 saturated carbocycles. The van der Waals surface area contributed by atoms with E-state index in [0.717, 1.165) is 0 Å². The van der Waals surface area contributed by atoms with Gasteiger partial charge in [0.1, 0.15) is 0 Å². The third-order valence-electron chi connectivity index (χ3n) is 4.12. The van der Waals surface area contributed by atoms with Crippen LogP contribution in [0.1, 0.15) is 84.3 Å². The highest BCUT2D eigenvalue weighted by Crippen LogP contribution is 2.16. The third-order valence-corrected chi connectivity index (χ3v) is 4.12. The van der Waals surface area contributed by atoms with Crippen molar-refractivity contribution in [3.05, 3.63) is 58.7 Å². The van der Waals surface area contributed by atoms with Crippen LogP contribution in [-0.4, -0.2) is 0 Å². The molecule has 0 bridgehead atoms. The molecule has 0 saturated heterocycles. The van der Waals surface area contributed by atoms with Gasteiger partial charge < -0.3 is 0 Å². The molecule has 0 radical (unpaired) electrons. The summed E-state index contributed by atoms with van der Waals surface area (Å²) in [6, 6.07) is 8.96. The van der Waals surface area contributed by atoms with E-state index in [4.69, 9.17) is 0 Å². The van der Waals surface area contributed by atoms with E-state index in [2.05, 4.69) is 64.1 Å². The zero-order valence-electron chi connectivity index (χ0n) is 16.4. The van der Waals surface area contributed by atoms with Gasteiger partial charge in [0.15, 0.2) is 0 Å². The predicted molar refractivity (Wildman–Crippen MR) is 107 cm³/mol. The first-order valence-electron chi connectivity index (χ1n) is 9.62. The lowest BCUT2D eigenvalue weighted by Gasteiger charge is -2.06. The van der Waals surface area contributed by atoms with Gasteiger partial charge in [-0.25, -0.2) is 0 Å². The fourth-order valence-corrected chi connectivity index (χ4v) is 2.59. The standard InChI is InChI=1S/C21H32.C2H6/c1-5-9-19(6-2)16-17-20(7-3)10-8-11-21-14-12-18(4)13-15-21;1-2/h12-17H,5-11H2,1-4H3;1-2H3/b19-16+,20-17+;. The highest BCUT2D eigenvalue weighted by atomic mass is 14.0. The molecule has 0 unspecified atom stereocenters. The van der Waals surface area contributed by atoms with Crippen LogP contribution in [0.25, 0.3) is 0 Å². The van der Waals surface area contributed by atoms with E-state index in [1.165, 1.54) is 56.1 Å². The van der Waals surface area contributed by atoms with Gasteiger partial charge in [-0.3, -0.25) is 0 Å². The summed E-state index contributed by atoms with van der Waals surface area (Å²) in [4.78, 5) is 0. The summed E-state index contributed by atoms with van der Waals surface area (Å²) >= 11 is 0. The monoisotopic (exact) mass is 314 g/mol. The van der Waals surface area contributed by atoms with Gasteiger partial charge >= 0.3 is 0 Å². The first-order valence-corrected chi connectivity index (χ1v) is 9.62. The molecule has 23 heavy (non-hydrogen) atoms. The zero-order chi connectivity index (χ0) is 17.5. The average Bonchev–Trinajstić information content (AvgIpc) is 2.60. The molecule has 1 aromatic carbocycles. The summed E-state index contributed by atoms with van der Waals surface area (Å²) < 4.78 is 0.